The summed E-state index contributed by atoms with van der Waals surface area (Å²) in [5.74, 6) is 2.02. The largest absolute Gasteiger partial charge is 0.447 e. The van der Waals surface area contributed by atoms with Crippen LogP contribution < -0.4 is 4.74 Å². The van der Waals surface area contributed by atoms with E-state index in [-0.39, 0.29) is 10.9 Å². The third-order valence-corrected chi connectivity index (χ3v) is 6.24. The van der Waals surface area contributed by atoms with Crippen molar-refractivity contribution in [3.8, 4) is 11.5 Å². The number of hydrogen-bond acceptors (Lipinski definition) is 1. The number of hydrogen-bond donors (Lipinski definition) is 0. The van der Waals surface area contributed by atoms with Gasteiger partial charge in [-0.05, 0) is 43.7 Å². The molecule has 2 aromatic carbocycles. The molecule has 0 fully saturated rings. The molecule has 0 aliphatic carbocycles. The third kappa shape index (κ3) is 2.73. The lowest BCUT2D eigenvalue weighted by atomic mass is 10.2. The fraction of sp³-hybridized carbons (Fsp3) is 0.263. The lowest BCUT2D eigenvalue weighted by molar-refractivity contribution is 0.453. The molecule has 1 aliphatic heterocycles. The minimum absolute atomic E-state index is 0.00228. The van der Waals surface area contributed by atoms with E-state index in [0.717, 1.165) is 11.5 Å². The van der Waals surface area contributed by atoms with E-state index in [2.05, 4.69) is 68.5 Å². The molecule has 2 aromatic rings. The number of ether oxygens (including phenoxy) is 1. The van der Waals surface area contributed by atoms with Crippen molar-refractivity contribution < 1.29 is 4.74 Å². The van der Waals surface area contributed by atoms with Gasteiger partial charge in [-0.2, -0.15) is 0 Å². The van der Waals surface area contributed by atoms with E-state index in [1.54, 1.807) is 0 Å². The van der Waals surface area contributed by atoms with Gasteiger partial charge < -0.3 is 4.74 Å². The van der Waals surface area contributed by atoms with Gasteiger partial charge in [0.2, 0.25) is 9.79 Å². The van der Waals surface area contributed by atoms with Crippen LogP contribution in [0, 0.1) is 0 Å². The van der Waals surface area contributed by atoms with E-state index in [1.807, 2.05) is 0 Å². The summed E-state index contributed by atoms with van der Waals surface area (Å²) in [4.78, 5) is 4.17. The maximum Gasteiger partial charge on any atom is 0.208 e. The molecule has 21 heavy (non-hydrogen) atoms. The average molecular weight is 297 g/mol. The van der Waals surface area contributed by atoms with E-state index >= 15 is 0 Å². The molecule has 1 heterocycles. The molecule has 0 amide bonds. The van der Waals surface area contributed by atoms with Crippen LogP contribution in [-0.2, 0) is 10.9 Å². The summed E-state index contributed by atoms with van der Waals surface area (Å²) >= 11 is 0. The van der Waals surface area contributed by atoms with Gasteiger partial charge in [0, 0.05) is 6.42 Å². The van der Waals surface area contributed by atoms with Crippen molar-refractivity contribution in [3.63, 3.8) is 0 Å². The number of unbranched alkanes of at least 4 members (excludes halogenated alkanes) is 1. The van der Waals surface area contributed by atoms with Gasteiger partial charge in [-0.15, -0.1) is 0 Å². The monoisotopic (exact) mass is 297 g/mol. The second kappa shape index (κ2) is 6.40. The maximum absolute atomic E-state index is 6.09. The Hall–Kier alpha value is -1.67. The highest BCUT2D eigenvalue weighted by Gasteiger charge is 2.39. The van der Waals surface area contributed by atoms with Gasteiger partial charge in [0.15, 0.2) is 11.5 Å². The summed E-state index contributed by atoms with van der Waals surface area (Å²) < 4.78 is 6.09. The van der Waals surface area contributed by atoms with Crippen LogP contribution in [0.3, 0.4) is 0 Å². The number of para-hydroxylation sites is 2. The first-order chi connectivity index (χ1) is 10.3. The Bertz CT molecular complexity index is 615. The van der Waals surface area contributed by atoms with Gasteiger partial charge in [-0.25, -0.2) is 0 Å². The summed E-state index contributed by atoms with van der Waals surface area (Å²) in [5.41, 5.74) is 0. The molecule has 0 spiro atoms. The molecular formula is C19H21OS+. The van der Waals surface area contributed by atoms with Gasteiger partial charge >= 0.3 is 0 Å². The fourth-order valence-corrected chi connectivity index (χ4v) is 5.08. The van der Waals surface area contributed by atoms with Crippen molar-refractivity contribution >= 4 is 10.9 Å². The molecule has 3 rings (SSSR count). The van der Waals surface area contributed by atoms with Gasteiger partial charge in [0.25, 0.3) is 0 Å². The summed E-state index contributed by atoms with van der Waals surface area (Å²) in [6, 6.07) is 16.9. The zero-order valence-corrected chi connectivity index (χ0v) is 13.5. The van der Waals surface area contributed by atoms with E-state index in [0.29, 0.717) is 0 Å². The van der Waals surface area contributed by atoms with Crippen molar-refractivity contribution in [2.45, 2.75) is 42.9 Å². The molecule has 0 saturated carbocycles. The molecule has 0 saturated heterocycles. The van der Waals surface area contributed by atoms with Crippen molar-refractivity contribution in [2.75, 3.05) is 0 Å². The lowest BCUT2D eigenvalue weighted by Crippen LogP contribution is -2.14. The average Bonchev–Trinajstić information content (AvgIpc) is 2.54. The first kappa shape index (κ1) is 14.3. The van der Waals surface area contributed by atoms with Crippen molar-refractivity contribution in [1.82, 2.24) is 0 Å². The van der Waals surface area contributed by atoms with Crippen molar-refractivity contribution in [3.05, 3.63) is 59.5 Å². The summed E-state index contributed by atoms with van der Waals surface area (Å²) in [6.45, 7) is 4.42. The first-order valence-corrected chi connectivity index (χ1v) is 8.83. The standard InChI is InChI=1S/C19H21OS/c1-3-5-10-15(4-2)21-18-13-8-6-11-16(18)20-17-12-7-9-14-19(17)21/h4,6-9,11-14H,3,5,10H2,1-2H3/q+1/b15-4-. The summed E-state index contributed by atoms with van der Waals surface area (Å²) in [6.07, 6.45) is 5.94. The molecular weight excluding hydrogens is 276 g/mol. The normalized spacial score (nSPS) is 14.3. The van der Waals surface area contributed by atoms with Crippen LogP contribution in [0.4, 0.5) is 0 Å². The minimum atomic E-state index is 0.00228. The number of rotatable bonds is 4. The number of benzene rings is 2. The van der Waals surface area contributed by atoms with Crippen LogP contribution in [0.5, 0.6) is 11.5 Å². The van der Waals surface area contributed by atoms with E-state index < -0.39 is 0 Å². The predicted molar refractivity (Wildman–Crippen MR) is 90.1 cm³/mol. The van der Waals surface area contributed by atoms with Gasteiger partial charge in [0.05, 0.1) is 0 Å². The molecule has 2 heteroatoms. The summed E-state index contributed by atoms with van der Waals surface area (Å²) in [7, 11) is 0.00228. The van der Waals surface area contributed by atoms with Crippen LogP contribution in [0.15, 0.2) is 69.3 Å². The first-order valence-electron chi connectivity index (χ1n) is 7.60. The molecule has 1 nitrogen and oxygen atoms in total. The Morgan fingerprint density at radius 2 is 1.57 bits per heavy atom. The smallest absolute Gasteiger partial charge is 0.208 e. The number of allylic oxidation sites excluding steroid dienone is 2. The number of fused-ring (bicyclic) bond motifs is 2. The summed E-state index contributed by atoms with van der Waals surface area (Å²) in [5, 5.41) is 0. The van der Waals surface area contributed by atoms with Gasteiger partial charge in [-0.1, -0.05) is 37.6 Å². The quantitative estimate of drug-likeness (QED) is 0.636. The third-order valence-electron chi connectivity index (χ3n) is 3.72. The highest BCUT2D eigenvalue weighted by atomic mass is 32.2. The zero-order valence-electron chi connectivity index (χ0n) is 12.6. The van der Waals surface area contributed by atoms with Gasteiger partial charge in [-0.3, -0.25) is 0 Å². The van der Waals surface area contributed by atoms with Crippen LogP contribution in [0.1, 0.15) is 33.1 Å². The second-order valence-corrected chi connectivity index (χ2v) is 7.18. The van der Waals surface area contributed by atoms with E-state index in [4.69, 9.17) is 4.74 Å². The van der Waals surface area contributed by atoms with Crippen LogP contribution in [0.2, 0.25) is 0 Å². The Labute approximate surface area is 130 Å². The highest BCUT2D eigenvalue weighted by molar-refractivity contribution is 8.00. The van der Waals surface area contributed by atoms with Crippen LogP contribution in [-0.4, -0.2) is 0 Å². The molecule has 0 atom stereocenters. The molecule has 0 unspecified atom stereocenters. The molecule has 0 bridgehead atoms. The minimum Gasteiger partial charge on any atom is -0.447 e. The molecule has 0 radical (unpaired) electrons. The van der Waals surface area contributed by atoms with Crippen molar-refractivity contribution in [2.24, 2.45) is 0 Å². The maximum atomic E-state index is 6.09. The molecule has 108 valence electrons. The van der Waals surface area contributed by atoms with E-state index in [9.17, 15) is 0 Å². The van der Waals surface area contributed by atoms with Crippen molar-refractivity contribution in [1.29, 1.82) is 0 Å². The second-order valence-electron chi connectivity index (χ2n) is 5.16. The molecule has 0 aromatic heterocycles. The van der Waals surface area contributed by atoms with Crippen LogP contribution in [0.25, 0.3) is 0 Å². The predicted octanol–water partition coefficient (Wildman–Crippen LogP) is 5.92. The van der Waals surface area contributed by atoms with Gasteiger partial charge in [0.1, 0.15) is 15.8 Å². The Kier molecular flexibility index (Phi) is 4.35. The fourth-order valence-electron chi connectivity index (χ4n) is 2.64. The Morgan fingerprint density at radius 1 is 1.00 bits per heavy atom. The Balaban J connectivity index is 2.10. The SMILES string of the molecule is C/C=C(/CCCC)[S+]1c2ccccc2Oc2ccccc21. The lowest BCUT2D eigenvalue weighted by Gasteiger charge is -2.20. The van der Waals surface area contributed by atoms with E-state index in [1.165, 1.54) is 34.0 Å². The molecule has 1 aliphatic rings. The zero-order chi connectivity index (χ0) is 14.7. The van der Waals surface area contributed by atoms with Crippen LogP contribution >= 0.6 is 0 Å². The molecule has 0 N–H and O–H groups in total. The Morgan fingerprint density at radius 3 is 2.10 bits per heavy atom. The topological polar surface area (TPSA) is 9.23 Å². The highest BCUT2D eigenvalue weighted by Crippen LogP contribution is 2.47.